The highest BCUT2D eigenvalue weighted by Gasteiger charge is 2.69. The molecule has 0 unspecified atom stereocenters. The molecule has 0 aromatic carbocycles. The Morgan fingerprint density at radius 3 is 2.08 bits per heavy atom. The molecule has 3 aliphatic heterocycles. The molecule has 7 fully saturated rings. The number of fused-ring (bicyclic) bond motifs is 7. The summed E-state index contributed by atoms with van der Waals surface area (Å²) >= 11 is 0. The molecule has 0 spiro atoms. The van der Waals surface area contributed by atoms with Gasteiger partial charge in [0, 0.05) is 12.8 Å². The van der Waals surface area contributed by atoms with E-state index >= 15 is 0 Å². The third kappa shape index (κ3) is 7.94. The molecule has 3 saturated heterocycles. The van der Waals surface area contributed by atoms with Gasteiger partial charge in [0.05, 0.1) is 31.3 Å². The maximum Gasteiger partial charge on any atom is 0.315 e. The van der Waals surface area contributed by atoms with Crippen molar-refractivity contribution < 1.29 is 88.7 Å². The third-order valence-corrected chi connectivity index (χ3v) is 18.6. The first-order chi connectivity index (χ1) is 31.0. The number of aliphatic hydroxyl groups is 9. The van der Waals surface area contributed by atoms with Crippen molar-refractivity contribution in [1.29, 1.82) is 0 Å². The Labute approximate surface area is 386 Å². The van der Waals surface area contributed by atoms with Crippen molar-refractivity contribution in [3.05, 3.63) is 23.8 Å². The van der Waals surface area contributed by atoms with Crippen molar-refractivity contribution in [1.82, 2.24) is 0 Å². The van der Waals surface area contributed by atoms with E-state index in [1.807, 2.05) is 0 Å². The Bertz CT molecular complexity index is 1860. The molecule has 9 N–H and O–H groups in total. The number of carbonyl (C=O) groups is 2. The number of aliphatic hydroxyl groups excluding tert-OH is 9. The van der Waals surface area contributed by atoms with Crippen molar-refractivity contribution in [2.75, 3.05) is 19.8 Å². The molecule has 4 saturated carbocycles. The van der Waals surface area contributed by atoms with Crippen molar-refractivity contribution >= 4 is 11.9 Å². The van der Waals surface area contributed by atoms with E-state index in [0.717, 1.165) is 44.6 Å². The van der Waals surface area contributed by atoms with Crippen LogP contribution in [0.4, 0.5) is 0 Å². The average Bonchev–Trinajstić information content (AvgIpc) is 3.26. The van der Waals surface area contributed by atoms with Gasteiger partial charge in [-0.1, -0.05) is 58.4 Å². The second kappa shape index (κ2) is 18.2. The molecule has 3 heterocycles. The van der Waals surface area contributed by atoms with E-state index < -0.39 is 122 Å². The number of ether oxygens (including phenoxy) is 7. The van der Waals surface area contributed by atoms with Crippen LogP contribution in [0.2, 0.25) is 0 Å². The van der Waals surface area contributed by atoms with Gasteiger partial charge in [0.15, 0.2) is 18.7 Å². The summed E-state index contributed by atoms with van der Waals surface area (Å²) in [4.78, 5) is 26.3. The largest absolute Gasteiger partial charge is 0.457 e. The molecule has 66 heavy (non-hydrogen) atoms. The fourth-order valence-electron chi connectivity index (χ4n) is 14.7. The summed E-state index contributed by atoms with van der Waals surface area (Å²) in [6.07, 6.45) is -11.7. The zero-order valence-corrected chi connectivity index (χ0v) is 39.1. The summed E-state index contributed by atoms with van der Waals surface area (Å²) in [5.74, 6) is -1.01. The van der Waals surface area contributed by atoms with Crippen molar-refractivity contribution in [2.45, 2.75) is 198 Å². The quantitative estimate of drug-likeness (QED) is 0.0882. The molecule has 0 bridgehead atoms. The summed E-state index contributed by atoms with van der Waals surface area (Å²) in [6.45, 7) is 15.5. The van der Waals surface area contributed by atoms with E-state index in [1.165, 1.54) is 5.57 Å². The van der Waals surface area contributed by atoms with Gasteiger partial charge in [-0.05, 0) is 97.7 Å². The van der Waals surface area contributed by atoms with Gasteiger partial charge in [-0.25, -0.2) is 0 Å². The Hall–Kier alpha value is -2.14. The predicted octanol–water partition coefficient (Wildman–Crippen LogP) is 0.880. The number of hydrogen-bond donors (Lipinski definition) is 9. The Kier molecular flexibility index (Phi) is 13.9. The van der Waals surface area contributed by atoms with Crippen molar-refractivity contribution in [3.8, 4) is 0 Å². The zero-order chi connectivity index (χ0) is 48.1. The van der Waals surface area contributed by atoms with Gasteiger partial charge in [0.25, 0.3) is 0 Å². The second-order valence-electron chi connectivity index (χ2n) is 22.2. The third-order valence-electron chi connectivity index (χ3n) is 18.6. The molecule has 0 aromatic rings. The van der Waals surface area contributed by atoms with Gasteiger partial charge in [0.2, 0.25) is 6.29 Å². The van der Waals surface area contributed by atoms with Gasteiger partial charge in [0.1, 0.15) is 61.0 Å². The summed E-state index contributed by atoms with van der Waals surface area (Å²) in [5.41, 5.74) is 0.447. The highest BCUT2D eigenvalue weighted by atomic mass is 16.7. The minimum absolute atomic E-state index is 0.122. The number of allylic oxidation sites excluding steroid dienone is 3. The lowest BCUT2D eigenvalue weighted by Gasteiger charge is -2.71. The van der Waals surface area contributed by atoms with Gasteiger partial charge < -0.3 is 79.1 Å². The monoisotopic (exact) mass is 938 g/mol. The number of carbonyl (C=O) groups excluding carboxylic acids is 2. The fourth-order valence-corrected chi connectivity index (χ4v) is 14.7. The van der Waals surface area contributed by atoms with Crippen molar-refractivity contribution in [3.63, 3.8) is 0 Å². The van der Waals surface area contributed by atoms with Crippen LogP contribution in [0.25, 0.3) is 0 Å². The number of hydrogen-bond acceptors (Lipinski definition) is 18. The van der Waals surface area contributed by atoms with E-state index in [4.69, 9.17) is 33.2 Å². The Morgan fingerprint density at radius 1 is 0.727 bits per heavy atom. The SMILES string of the molecule is C=C1CC[C@]2(C(=O)O[C@@H]3O[C@H](CO)[C@@H](O)[C@H](O)[C@H]3O)CC[C@]3(C)C(=CC[C@@H]4[C@@]5(C)CC[C@H](O[C@@H]6OC[C@H](O)[C@H](O[C@@H]7O[C@H](CO)[C@@H](O)[C@H](OC(C)=O)[C@H]7O)[C@H]6O)C(C)(C)[C@@H]5CC[C@]43C)[C@@H]2C1. The molecule has 0 aromatic heterocycles. The highest BCUT2D eigenvalue weighted by Crippen LogP contribution is 2.75. The molecule has 22 atom stereocenters. The molecule has 0 radical (unpaired) electrons. The summed E-state index contributed by atoms with van der Waals surface area (Å²) in [7, 11) is 0. The second-order valence-corrected chi connectivity index (χ2v) is 22.2. The molecule has 0 amide bonds. The topological polar surface area (TPSA) is 281 Å². The summed E-state index contributed by atoms with van der Waals surface area (Å²) in [5, 5.41) is 95.5. The zero-order valence-electron chi connectivity index (χ0n) is 39.1. The minimum Gasteiger partial charge on any atom is -0.457 e. The lowest BCUT2D eigenvalue weighted by Crippen LogP contribution is -2.66. The smallest absolute Gasteiger partial charge is 0.315 e. The molecular weight excluding hydrogens is 865 g/mol. The maximum absolute atomic E-state index is 14.5. The van der Waals surface area contributed by atoms with Crippen LogP contribution in [0.3, 0.4) is 0 Å². The van der Waals surface area contributed by atoms with Crippen LogP contribution in [0.5, 0.6) is 0 Å². The number of esters is 2. The molecule has 18 heteroatoms. The Morgan fingerprint density at radius 2 is 1.39 bits per heavy atom. The van der Waals surface area contributed by atoms with Crippen LogP contribution in [0.15, 0.2) is 23.8 Å². The first-order valence-electron chi connectivity index (χ1n) is 24.0. The van der Waals surface area contributed by atoms with E-state index in [2.05, 4.69) is 47.3 Å². The van der Waals surface area contributed by atoms with Crippen LogP contribution >= 0.6 is 0 Å². The van der Waals surface area contributed by atoms with Gasteiger partial charge >= 0.3 is 11.9 Å². The van der Waals surface area contributed by atoms with Crippen LogP contribution in [-0.4, -0.2) is 170 Å². The molecule has 8 rings (SSSR count). The van der Waals surface area contributed by atoms with E-state index in [-0.39, 0.29) is 46.7 Å². The molecular formula is C48H74O18. The van der Waals surface area contributed by atoms with Crippen LogP contribution in [0, 0.1) is 44.8 Å². The fraction of sp³-hybridized carbons (Fsp3) is 0.875. The minimum atomic E-state index is -1.71. The molecule has 5 aliphatic carbocycles. The maximum atomic E-state index is 14.5. The predicted molar refractivity (Wildman–Crippen MR) is 229 cm³/mol. The molecule has 374 valence electrons. The first kappa shape index (κ1) is 50.3. The summed E-state index contributed by atoms with van der Waals surface area (Å²) in [6, 6.07) is 0. The summed E-state index contributed by atoms with van der Waals surface area (Å²) < 4.78 is 40.8. The van der Waals surface area contributed by atoms with Crippen molar-refractivity contribution in [2.24, 2.45) is 44.8 Å². The van der Waals surface area contributed by atoms with E-state index in [1.54, 1.807) is 0 Å². The molecule has 8 aliphatic rings. The number of rotatable bonds is 9. The van der Waals surface area contributed by atoms with E-state index in [9.17, 15) is 55.5 Å². The van der Waals surface area contributed by atoms with E-state index in [0.29, 0.717) is 32.1 Å². The average molecular weight is 939 g/mol. The van der Waals surface area contributed by atoms with Gasteiger partial charge in [-0.2, -0.15) is 0 Å². The normalized spacial score (nSPS) is 51.3. The van der Waals surface area contributed by atoms with Gasteiger partial charge in [-0.15, -0.1) is 0 Å². The molecule has 18 nitrogen and oxygen atoms in total. The Balaban J connectivity index is 0.989. The highest BCUT2D eigenvalue weighted by molar-refractivity contribution is 5.79. The standard InChI is InChI=1S/C48H74O18/c1-22-10-15-48(43(59)66-41-35(56)34(55)32(53)27(19-49)62-41)17-16-46(6)24(25(48)18-22)8-9-30-45(5)13-12-31(44(3,4)29(45)11-14-47(30,46)7)64-40-36(57)38(26(52)21-60-40)65-42-37(58)39(61-23(2)51)33(54)28(20-50)63-42/h8,25-42,49-50,52-58H,1,9-21H2,2-7H3/t25-,26-,27+,28+,29-,30+,31-,32+,33+,34-,35+,36+,37+,38-,39-,40-,41-,42-,45-,46+,47+,48-/m0/s1. The lowest BCUT2D eigenvalue weighted by molar-refractivity contribution is -0.357. The first-order valence-corrected chi connectivity index (χ1v) is 24.0. The van der Waals surface area contributed by atoms with Crippen LogP contribution in [-0.2, 0) is 42.7 Å². The lowest BCUT2D eigenvalue weighted by atomic mass is 9.34. The van der Waals surface area contributed by atoms with Crippen LogP contribution in [0.1, 0.15) is 106 Å². The van der Waals surface area contributed by atoms with Gasteiger partial charge in [-0.3, -0.25) is 9.59 Å². The van der Waals surface area contributed by atoms with Crippen LogP contribution < -0.4 is 0 Å².